The Balaban J connectivity index is 0.899. The maximum Gasteiger partial charge on any atom is 0.418 e. The third-order valence-corrected chi connectivity index (χ3v) is 13.4. The third-order valence-electron chi connectivity index (χ3n) is 13.1. The van der Waals surface area contributed by atoms with Gasteiger partial charge < -0.3 is 50.2 Å². The van der Waals surface area contributed by atoms with E-state index in [0.717, 1.165) is 82.5 Å². The summed E-state index contributed by atoms with van der Waals surface area (Å²) >= 11 is 6.16. The molecule has 2 aromatic carbocycles. The van der Waals surface area contributed by atoms with Gasteiger partial charge >= 0.3 is 24.3 Å². The van der Waals surface area contributed by atoms with E-state index in [4.69, 9.17) is 31.5 Å². The number of fused-ring (bicyclic) bond motifs is 1. The lowest BCUT2D eigenvalue weighted by molar-refractivity contribution is -0.143. The van der Waals surface area contributed by atoms with Crippen LogP contribution in [0.3, 0.4) is 0 Å². The van der Waals surface area contributed by atoms with Crippen LogP contribution in [0.15, 0.2) is 36.4 Å². The number of alkyl halides is 3. The van der Waals surface area contributed by atoms with Crippen molar-refractivity contribution >= 4 is 47.0 Å². The van der Waals surface area contributed by atoms with E-state index in [0.29, 0.717) is 58.3 Å². The van der Waals surface area contributed by atoms with Crippen LogP contribution in [0, 0.1) is 0 Å². The first-order valence-electron chi connectivity index (χ1n) is 22.3. The van der Waals surface area contributed by atoms with E-state index in [2.05, 4.69) is 20.4 Å². The molecule has 0 spiro atoms. The van der Waals surface area contributed by atoms with Crippen LogP contribution in [0.2, 0.25) is 5.02 Å². The van der Waals surface area contributed by atoms with Gasteiger partial charge in [0.15, 0.2) is 6.10 Å². The number of urea groups is 1. The summed E-state index contributed by atoms with van der Waals surface area (Å²) in [5, 5.41) is 6.03. The molecule has 0 aromatic heterocycles. The van der Waals surface area contributed by atoms with Crippen LogP contribution < -0.4 is 16.4 Å². The van der Waals surface area contributed by atoms with Gasteiger partial charge in [0.1, 0.15) is 0 Å². The number of nitrogen functional groups attached to an aromatic ring is 1. The molecule has 0 radical (unpaired) electrons. The number of nitrogens with two attached hydrogens (primary N) is 1. The van der Waals surface area contributed by atoms with Crippen molar-refractivity contribution in [3.05, 3.63) is 58.1 Å². The molecule has 0 bridgehead atoms. The molecule has 15 nitrogen and oxygen atoms in total. The number of rotatable bonds is 13. The van der Waals surface area contributed by atoms with Gasteiger partial charge in [0.2, 0.25) is 0 Å². The first-order chi connectivity index (χ1) is 30.3. The smallest absolute Gasteiger partial charge is 0.418 e. The molecule has 0 saturated carbocycles. The van der Waals surface area contributed by atoms with Gasteiger partial charge in [-0.15, -0.1) is 0 Å². The number of nitrogens with zero attached hydrogens (tertiary/aromatic N) is 5. The van der Waals surface area contributed by atoms with Crippen molar-refractivity contribution in [1.29, 1.82) is 0 Å². The summed E-state index contributed by atoms with van der Waals surface area (Å²) in [7, 11) is 0. The number of likely N-dealkylation sites (tertiary alicyclic amines) is 3. The lowest BCUT2D eigenvalue weighted by Crippen LogP contribution is -2.54. The van der Waals surface area contributed by atoms with Crippen molar-refractivity contribution < 1.29 is 46.6 Å². The molecule has 0 aliphatic carbocycles. The number of piperidine rings is 3. The highest BCUT2D eigenvalue weighted by Crippen LogP contribution is 2.38. The number of carbonyl (C=O) groups excluding carboxylic acids is 4. The van der Waals surface area contributed by atoms with Gasteiger partial charge in [-0.05, 0) is 93.8 Å². The Morgan fingerprint density at radius 3 is 2.30 bits per heavy atom. The number of hydrogen-bond donors (Lipinski definition) is 3. The average molecular weight is 905 g/mol. The summed E-state index contributed by atoms with van der Waals surface area (Å²) in [4.78, 5) is 63.1. The van der Waals surface area contributed by atoms with E-state index in [1.54, 1.807) is 9.80 Å². The fourth-order valence-corrected chi connectivity index (χ4v) is 9.66. The van der Waals surface area contributed by atoms with Crippen LogP contribution in [0.4, 0.5) is 34.1 Å². The minimum atomic E-state index is -4.79. The van der Waals surface area contributed by atoms with Crippen LogP contribution >= 0.6 is 11.6 Å². The lowest BCUT2D eigenvalue weighted by Gasteiger charge is -2.42. The van der Waals surface area contributed by atoms with Gasteiger partial charge in [0.05, 0.1) is 42.6 Å². The van der Waals surface area contributed by atoms with Crippen LogP contribution in [0.5, 0.6) is 0 Å². The normalized spacial score (nSPS) is 20.8. The summed E-state index contributed by atoms with van der Waals surface area (Å²) in [6, 6.07) is 9.90. The number of halogens is 4. The zero-order chi connectivity index (χ0) is 44.5. The average Bonchev–Trinajstić information content (AvgIpc) is 3.46. The number of nitrogens with one attached hydrogen (secondary N) is 2. The van der Waals surface area contributed by atoms with Crippen LogP contribution in [0.1, 0.15) is 61.6 Å². The minimum absolute atomic E-state index is 0.0583. The minimum Gasteiger partial charge on any atom is -0.465 e. The van der Waals surface area contributed by atoms with E-state index < -0.39 is 35.5 Å². The Morgan fingerprint density at radius 2 is 1.59 bits per heavy atom. The molecule has 4 N–H and O–H groups in total. The maximum atomic E-state index is 14.2. The quantitative estimate of drug-likeness (QED) is 0.143. The number of carbonyl (C=O) groups is 4. The highest BCUT2D eigenvalue weighted by atomic mass is 35.5. The van der Waals surface area contributed by atoms with Crippen molar-refractivity contribution in [2.75, 3.05) is 103 Å². The van der Waals surface area contributed by atoms with Gasteiger partial charge in [0, 0.05) is 82.6 Å². The molecule has 7 rings (SSSR count). The monoisotopic (exact) mass is 904 g/mol. The molecule has 63 heavy (non-hydrogen) atoms. The molecule has 4 fully saturated rings. The fourth-order valence-electron chi connectivity index (χ4n) is 9.42. The van der Waals surface area contributed by atoms with E-state index in [1.807, 2.05) is 24.3 Å². The molecule has 2 aromatic rings. The SMILES string of the molecule is Nc1c(Cl)cc(C[C@@H](OC(=O)N2CCC(N3CCc4ccccc4NC3=O)CC2)C(=O)N2CCC(N3CCC(NCC(=O)OCCCN4CCOCC4)CC3)CC2)cc1C(F)(F)F. The summed E-state index contributed by atoms with van der Waals surface area (Å²) < 4.78 is 58.6. The maximum absolute atomic E-state index is 14.2. The fraction of sp³-hybridized carbons (Fsp3) is 0.636. The Labute approximate surface area is 371 Å². The molecular formula is C44H60ClF3N8O7. The van der Waals surface area contributed by atoms with E-state index in [-0.39, 0.29) is 66.8 Å². The highest BCUT2D eigenvalue weighted by molar-refractivity contribution is 6.33. The first kappa shape index (κ1) is 46.6. The second kappa shape index (κ2) is 21.5. The summed E-state index contributed by atoms with van der Waals surface area (Å²) in [6.45, 7) is 8.23. The third kappa shape index (κ3) is 12.5. The zero-order valence-corrected chi connectivity index (χ0v) is 36.5. The summed E-state index contributed by atoms with van der Waals surface area (Å²) in [5.41, 5.74) is 5.85. The zero-order valence-electron chi connectivity index (χ0n) is 35.7. The standard InChI is InChI=1S/C44H60ClF3N8O7/c45-36-27-30(26-35(40(36)49)44(46,47)48)28-38(63-43(60)55-18-11-34(12-19-55)56-20-6-31-4-1-2-5-37(31)51-42(56)59)41(58)54-16-9-33(10-17-54)53-14-7-32(8-15-53)50-29-39(57)62-23-3-13-52-21-24-61-25-22-52/h1-2,4-5,26-27,32-34,38,50H,3,6-25,28-29,49H2,(H,51,59)/t38-/m1/s1. The number of benzene rings is 2. The molecule has 346 valence electrons. The number of hydrogen-bond acceptors (Lipinski definition) is 11. The Morgan fingerprint density at radius 1 is 0.905 bits per heavy atom. The Bertz CT molecular complexity index is 1900. The second-order valence-electron chi connectivity index (χ2n) is 17.1. The Kier molecular flexibility index (Phi) is 15.9. The number of esters is 1. The molecule has 1 atom stereocenters. The molecule has 4 saturated heterocycles. The predicted molar refractivity (Wildman–Crippen MR) is 230 cm³/mol. The highest BCUT2D eigenvalue weighted by Gasteiger charge is 2.39. The van der Waals surface area contributed by atoms with Gasteiger partial charge in [-0.3, -0.25) is 14.5 Å². The number of morpholine rings is 1. The molecule has 5 aliphatic rings. The van der Waals surface area contributed by atoms with Crippen LogP contribution in [0.25, 0.3) is 0 Å². The predicted octanol–water partition coefficient (Wildman–Crippen LogP) is 4.85. The first-order valence-corrected chi connectivity index (χ1v) is 22.7. The number of amides is 4. The second-order valence-corrected chi connectivity index (χ2v) is 17.5. The molecular weight excluding hydrogens is 845 g/mol. The number of para-hydroxylation sites is 1. The van der Waals surface area contributed by atoms with Crippen molar-refractivity contribution in [2.24, 2.45) is 0 Å². The van der Waals surface area contributed by atoms with Crippen molar-refractivity contribution in [3.8, 4) is 0 Å². The van der Waals surface area contributed by atoms with Gasteiger partial charge in [0.25, 0.3) is 5.91 Å². The largest absolute Gasteiger partial charge is 0.465 e. The Hall–Kier alpha value is -4.36. The van der Waals surface area contributed by atoms with Crippen molar-refractivity contribution in [3.63, 3.8) is 0 Å². The molecule has 5 heterocycles. The van der Waals surface area contributed by atoms with E-state index in [1.165, 1.54) is 11.0 Å². The van der Waals surface area contributed by atoms with Crippen LogP contribution in [-0.2, 0) is 42.8 Å². The molecule has 19 heteroatoms. The summed E-state index contributed by atoms with van der Waals surface area (Å²) in [6.07, 6.45) is -1.75. The lowest BCUT2D eigenvalue weighted by atomic mass is 9.97. The molecule has 5 aliphatic heterocycles. The van der Waals surface area contributed by atoms with Crippen molar-refractivity contribution in [1.82, 2.24) is 29.8 Å². The van der Waals surface area contributed by atoms with Crippen molar-refractivity contribution in [2.45, 2.75) is 88.2 Å². The topological polar surface area (TPSA) is 162 Å². The van der Waals surface area contributed by atoms with Crippen LogP contribution in [-0.4, -0.2) is 165 Å². The molecule has 0 unspecified atom stereocenters. The van der Waals surface area contributed by atoms with Gasteiger partial charge in [-0.2, -0.15) is 13.2 Å². The van der Waals surface area contributed by atoms with Gasteiger partial charge in [-0.1, -0.05) is 29.8 Å². The van der Waals surface area contributed by atoms with E-state index >= 15 is 0 Å². The number of ether oxygens (including phenoxy) is 3. The van der Waals surface area contributed by atoms with E-state index in [9.17, 15) is 32.3 Å². The number of anilines is 2. The summed E-state index contributed by atoms with van der Waals surface area (Å²) in [5.74, 6) is -0.745. The van der Waals surface area contributed by atoms with Gasteiger partial charge in [-0.25, -0.2) is 9.59 Å². The molecule has 4 amide bonds.